The third-order valence-corrected chi connectivity index (χ3v) is 6.30. The molecule has 3 fully saturated rings. The van der Waals surface area contributed by atoms with Crippen LogP contribution in [-0.4, -0.2) is 47.7 Å². The minimum Gasteiger partial charge on any atom is -0.392 e. The van der Waals surface area contributed by atoms with Crippen LogP contribution in [0.1, 0.15) is 77.6 Å². The summed E-state index contributed by atoms with van der Waals surface area (Å²) in [6.45, 7) is 3.02. The third kappa shape index (κ3) is 6.26. The molecule has 2 unspecified atom stereocenters. The summed E-state index contributed by atoms with van der Waals surface area (Å²) in [5.74, 6) is 0.257. The van der Waals surface area contributed by atoms with Gasteiger partial charge >= 0.3 is 0 Å². The fourth-order valence-electron chi connectivity index (χ4n) is 4.75. The maximum Gasteiger partial charge on any atom is 0.158 e. The Balaban J connectivity index is 1.54. The molecule has 0 bridgehead atoms. The second kappa shape index (κ2) is 10.9. The molecular weight excluding hydrogens is 344 g/mol. The van der Waals surface area contributed by atoms with E-state index in [-0.39, 0.29) is 36.4 Å². The molecule has 7 atom stereocenters. The van der Waals surface area contributed by atoms with Gasteiger partial charge in [0, 0.05) is 25.4 Å². The second-order valence-corrected chi connectivity index (χ2v) is 8.47. The van der Waals surface area contributed by atoms with Crippen LogP contribution in [0, 0.1) is 11.8 Å². The standard InChI is InChI=1S/C22H38O5/c1-2-3-4-5-6-9-16(26-22-10-7-8-13-25-22)11-12-17-18-14-21(24)27-20(18)15-19(17)23/h11-12,16-24H,2-10,13-15H2,1H3/b12-11+/t16-,17-,18-,19-,20+,21?,22?/m1/s1. The van der Waals surface area contributed by atoms with Crippen molar-refractivity contribution in [1.29, 1.82) is 0 Å². The summed E-state index contributed by atoms with van der Waals surface area (Å²) in [7, 11) is 0. The molecule has 2 aliphatic heterocycles. The van der Waals surface area contributed by atoms with Crippen LogP contribution in [0.5, 0.6) is 0 Å². The number of hydrogen-bond donors (Lipinski definition) is 2. The molecule has 5 heteroatoms. The highest BCUT2D eigenvalue weighted by molar-refractivity contribution is 5.06. The maximum absolute atomic E-state index is 10.4. The molecule has 3 rings (SSSR count). The molecule has 0 amide bonds. The Labute approximate surface area is 164 Å². The lowest BCUT2D eigenvalue weighted by molar-refractivity contribution is -0.179. The molecule has 0 radical (unpaired) electrons. The van der Waals surface area contributed by atoms with Gasteiger partial charge in [0.05, 0.1) is 18.3 Å². The van der Waals surface area contributed by atoms with Gasteiger partial charge in [0.2, 0.25) is 0 Å². The molecular formula is C22H38O5. The SMILES string of the molecule is CCCCCCC[C@H](/C=C/[C@@H]1[C@H]2CC(O)O[C@H]2C[C@H]1O)OC1CCCCO1. The molecule has 1 saturated carbocycles. The van der Waals surface area contributed by atoms with Crippen LogP contribution in [0.2, 0.25) is 0 Å². The molecule has 0 aromatic rings. The Morgan fingerprint density at radius 2 is 1.96 bits per heavy atom. The van der Waals surface area contributed by atoms with Crippen LogP contribution >= 0.6 is 0 Å². The van der Waals surface area contributed by atoms with E-state index in [1.54, 1.807) is 0 Å². The topological polar surface area (TPSA) is 68.2 Å². The van der Waals surface area contributed by atoms with Gasteiger partial charge in [0.1, 0.15) is 0 Å². The van der Waals surface area contributed by atoms with Gasteiger partial charge in [-0.1, -0.05) is 51.2 Å². The van der Waals surface area contributed by atoms with Crippen LogP contribution in [-0.2, 0) is 14.2 Å². The van der Waals surface area contributed by atoms with E-state index < -0.39 is 6.29 Å². The Hall–Kier alpha value is -0.460. The van der Waals surface area contributed by atoms with Crippen molar-refractivity contribution in [3.05, 3.63) is 12.2 Å². The second-order valence-electron chi connectivity index (χ2n) is 8.47. The zero-order valence-corrected chi connectivity index (χ0v) is 16.8. The lowest BCUT2D eigenvalue weighted by atomic mass is 9.91. The monoisotopic (exact) mass is 382 g/mol. The summed E-state index contributed by atoms with van der Waals surface area (Å²) in [5.41, 5.74) is 0. The Morgan fingerprint density at radius 3 is 2.74 bits per heavy atom. The van der Waals surface area contributed by atoms with E-state index in [0.717, 1.165) is 38.7 Å². The van der Waals surface area contributed by atoms with Gasteiger partial charge in [-0.2, -0.15) is 0 Å². The van der Waals surface area contributed by atoms with E-state index in [9.17, 15) is 10.2 Å². The highest BCUT2D eigenvalue weighted by Gasteiger charge is 2.47. The molecule has 3 aliphatic rings. The number of fused-ring (bicyclic) bond motifs is 1. The molecule has 0 aromatic carbocycles. The van der Waals surface area contributed by atoms with Gasteiger partial charge in [-0.3, -0.25) is 0 Å². The van der Waals surface area contributed by atoms with Crippen molar-refractivity contribution in [3.63, 3.8) is 0 Å². The zero-order chi connectivity index (χ0) is 19.1. The van der Waals surface area contributed by atoms with Gasteiger partial charge in [-0.25, -0.2) is 0 Å². The van der Waals surface area contributed by atoms with Crippen LogP contribution in [0.25, 0.3) is 0 Å². The molecule has 0 aromatic heterocycles. The number of ether oxygens (including phenoxy) is 3. The van der Waals surface area contributed by atoms with Crippen LogP contribution in [0.3, 0.4) is 0 Å². The first kappa shape index (κ1) is 21.3. The first-order chi connectivity index (χ1) is 13.2. The van der Waals surface area contributed by atoms with Crippen molar-refractivity contribution in [1.82, 2.24) is 0 Å². The first-order valence-electron chi connectivity index (χ1n) is 11.1. The highest BCUT2D eigenvalue weighted by atomic mass is 16.7. The van der Waals surface area contributed by atoms with Gasteiger partial charge < -0.3 is 24.4 Å². The first-order valence-corrected chi connectivity index (χ1v) is 11.1. The third-order valence-electron chi connectivity index (χ3n) is 6.30. The number of aliphatic hydroxyl groups is 2. The van der Waals surface area contributed by atoms with Gasteiger partial charge in [-0.05, 0) is 31.6 Å². The van der Waals surface area contributed by atoms with Crippen molar-refractivity contribution in [2.45, 2.75) is 108 Å². The van der Waals surface area contributed by atoms with Crippen molar-refractivity contribution in [3.8, 4) is 0 Å². The summed E-state index contributed by atoms with van der Waals surface area (Å²) < 4.78 is 17.6. The lowest BCUT2D eigenvalue weighted by Gasteiger charge is -2.27. The summed E-state index contributed by atoms with van der Waals surface area (Å²) >= 11 is 0. The van der Waals surface area contributed by atoms with Crippen molar-refractivity contribution >= 4 is 0 Å². The summed E-state index contributed by atoms with van der Waals surface area (Å²) in [6.07, 6.45) is 14.8. The Kier molecular flexibility index (Phi) is 8.59. The molecule has 2 saturated heterocycles. The average molecular weight is 383 g/mol. The van der Waals surface area contributed by atoms with Gasteiger partial charge in [0.25, 0.3) is 0 Å². The highest BCUT2D eigenvalue weighted by Crippen LogP contribution is 2.43. The molecule has 27 heavy (non-hydrogen) atoms. The number of rotatable bonds is 10. The summed E-state index contributed by atoms with van der Waals surface area (Å²) in [6, 6.07) is 0. The average Bonchev–Trinajstić information content (AvgIpc) is 3.15. The van der Waals surface area contributed by atoms with Gasteiger partial charge in [-0.15, -0.1) is 0 Å². The smallest absolute Gasteiger partial charge is 0.158 e. The molecule has 1 aliphatic carbocycles. The number of aliphatic hydroxyl groups excluding tert-OH is 2. The summed E-state index contributed by atoms with van der Waals surface area (Å²) in [4.78, 5) is 0. The van der Waals surface area contributed by atoms with Crippen molar-refractivity contribution in [2.24, 2.45) is 11.8 Å². The normalized spacial score (nSPS) is 37.7. The molecule has 5 nitrogen and oxygen atoms in total. The minimum atomic E-state index is -0.676. The van der Waals surface area contributed by atoms with Crippen LogP contribution in [0.15, 0.2) is 12.2 Å². The minimum absolute atomic E-state index is 0.0141. The maximum atomic E-state index is 10.4. The predicted molar refractivity (Wildman–Crippen MR) is 104 cm³/mol. The van der Waals surface area contributed by atoms with E-state index in [0.29, 0.717) is 12.8 Å². The largest absolute Gasteiger partial charge is 0.392 e. The zero-order valence-electron chi connectivity index (χ0n) is 16.8. The van der Waals surface area contributed by atoms with Crippen molar-refractivity contribution in [2.75, 3.05) is 6.61 Å². The molecule has 0 spiro atoms. The molecule has 156 valence electrons. The Morgan fingerprint density at radius 1 is 1.11 bits per heavy atom. The van der Waals surface area contributed by atoms with E-state index >= 15 is 0 Å². The fourth-order valence-corrected chi connectivity index (χ4v) is 4.75. The van der Waals surface area contributed by atoms with E-state index in [1.165, 1.54) is 25.7 Å². The fraction of sp³-hybridized carbons (Fsp3) is 0.909. The quantitative estimate of drug-likeness (QED) is 0.443. The Bertz CT molecular complexity index is 448. The molecule has 2 heterocycles. The van der Waals surface area contributed by atoms with Crippen molar-refractivity contribution < 1.29 is 24.4 Å². The van der Waals surface area contributed by atoms with Crippen LogP contribution < -0.4 is 0 Å². The van der Waals surface area contributed by atoms with Gasteiger partial charge in [0.15, 0.2) is 12.6 Å². The van der Waals surface area contributed by atoms with Crippen LogP contribution in [0.4, 0.5) is 0 Å². The molecule has 2 N–H and O–H groups in total. The predicted octanol–water partition coefficient (Wildman–Crippen LogP) is 3.92. The van der Waals surface area contributed by atoms with E-state index in [2.05, 4.69) is 19.1 Å². The number of hydrogen-bond acceptors (Lipinski definition) is 5. The number of unbranched alkanes of at least 4 members (excludes halogenated alkanes) is 4. The van der Waals surface area contributed by atoms with E-state index in [4.69, 9.17) is 14.2 Å². The lowest BCUT2D eigenvalue weighted by Crippen LogP contribution is -2.27. The van der Waals surface area contributed by atoms with E-state index in [1.807, 2.05) is 0 Å². The summed E-state index contributed by atoms with van der Waals surface area (Å²) in [5, 5.41) is 20.2.